The van der Waals surface area contributed by atoms with Gasteiger partial charge < -0.3 is 9.90 Å². The normalized spacial score (nSPS) is 11.1. The molecular weight excluding hydrogens is 382 g/mol. The van der Waals surface area contributed by atoms with Crippen molar-refractivity contribution in [3.05, 3.63) is 57.5 Å². The van der Waals surface area contributed by atoms with Gasteiger partial charge in [0.15, 0.2) is 0 Å². The third-order valence-corrected chi connectivity index (χ3v) is 5.18. The average molecular weight is 390 g/mol. The lowest BCUT2D eigenvalue weighted by atomic mass is 10.2. The first-order chi connectivity index (χ1) is 9.79. The number of nitrogens with one attached hydrogen (secondary N) is 1. The van der Waals surface area contributed by atoms with Crippen LogP contribution in [0.15, 0.2) is 51.8 Å². The quantitative estimate of drug-likeness (QED) is 0.869. The third kappa shape index (κ3) is 3.75. The predicted octanol–water partition coefficient (Wildman–Crippen LogP) is 2.27. The van der Waals surface area contributed by atoms with Crippen LogP contribution in [0.1, 0.15) is 10.4 Å². The first-order valence-corrected chi connectivity index (χ1v) is 8.24. The lowest BCUT2D eigenvalue weighted by Crippen LogP contribution is -2.23. The fourth-order valence-corrected chi connectivity index (χ4v) is 3.74. The van der Waals surface area contributed by atoms with Gasteiger partial charge in [-0.05, 0) is 57.9 Å². The van der Waals surface area contributed by atoms with E-state index in [4.69, 9.17) is 11.6 Å². The molecular formula is C13H8BrClNO4S-. The highest BCUT2D eigenvalue weighted by Crippen LogP contribution is 2.25. The SMILES string of the molecule is O=C([O-])c1ccc(Br)c(S(=O)(=O)Nc2ccc(Cl)cc2)c1. The number of sulfonamides is 1. The predicted molar refractivity (Wildman–Crippen MR) is 80.7 cm³/mol. The van der Waals surface area contributed by atoms with Gasteiger partial charge >= 0.3 is 0 Å². The molecule has 110 valence electrons. The van der Waals surface area contributed by atoms with Gasteiger partial charge in [-0.15, -0.1) is 0 Å². The van der Waals surface area contributed by atoms with Gasteiger partial charge in [0, 0.05) is 15.2 Å². The van der Waals surface area contributed by atoms with E-state index in [9.17, 15) is 18.3 Å². The molecule has 8 heteroatoms. The van der Waals surface area contributed by atoms with Crippen molar-refractivity contribution < 1.29 is 18.3 Å². The zero-order valence-corrected chi connectivity index (χ0v) is 13.5. The van der Waals surface area contributed by atoms with E-state index in [-0.39, 0.29) is 14.9 Å². The minimum absolute atomic E-state index is 0.195. The van der Waals surface area contributed by atoms with Crippen LogP contribution in [0.2, 0.25) is 5.02 Å². The maximum Gasteiger partial charge on any atom is 0.263 e. The van der Waals surface area contributed by atoms with Gasteiger partial charge in [0.1, 0.15) is 4.90 Å². The minimum Gasteiger partial charge on any atom is -0.545 e. The molecule has 0 spiro atoms. The molecule has 0 radical (unpaired) electrons. The van der Waals surface area contributed by atoms with E-state index in [2.05, 4.69) is 20.7 Å². The first kappa shape index (κ1) is 15.8. The molecule has 1 N–H and O–H groups in total. The molecule has 5 nitrogen and oxygen atoms in total. The highest BCUT2D eigenvalue weighted by atomic mass is 79.9. The summed E-state index contributed by atoms with van der Waals surface area (Å²) in [6, 6.07) is 9.67. The molecule has 21 heavy (non-hydrogen) atoms. The van der Waals surface area contributed by atoms with Gasteiger partial charge in [0.2, 0.25) is 0 Å². The standard InChI is InChI=1S/C13H9BrClNO4S/c14-11-6-1-8(13(17)18)7-12(11)21(19,20)16-10-4-2-9(15)3-5-10/h1-7,16H,(H,17,18)/p-1. The molecule has 0 aliphatic carbocycles. The van der Waals surface area contributed by atoms with Gasteiger partial charge in [0.05, 0.1) is 5.97 Å². The second-order valence-electron chi connectivity index (χ2n) is 4.05. The maximum atomic E-state index is 12.3. The summed E-state index contributed by atoms with van der Waals surface area (Å²) < 4.78 is 27.2. The highest BCUT2D eigenvalue weighted by molar-refractivity contribution is 9.10. The summed E-state index contributed by atoms with van der Waals surface area (Å²) in [6.07, 6.45) is 0. The van der Waals surface area contributed by atoms with Crippen molar-refractivity contribution in [2.45, 2.75) is 4.90 Å². The topological polar surface area (TPSA) is 86.3 Å². The number of hydrogen-bond donors (Lipinski definition) is 1. The Kier molecular flexibility index (Phi) is 4.55. The first-order valence-electron chi connectivity index (χ1n) is 5.59. The molecule has 0 heterocycles. The van der Waals surface area contributed by atoms with Crippen molar-refractivity contribution in [1.82, 2.24) is 0 Å². The number of carbonyl (C=O) groups excluding carboxylic acids is 1. The van der Waals surface area contributed by atoms with Crippen molar-refractivity contribution >= 4 is 49.2 Å². The average Bonchev–Trinajstić information content (AvgIpc) is 2.41. The van der Waals surface area contributed by atoms with E-state index in [0.717, 1.165) is 6.07 Å². The summed E-state index contributed by atoms with van der Waals surface area (Å²) in [4.78, 5) is 10.6. The fourth-order valence-electron chi connectivity index (χ4n) is 1.56. The van der Waals surface area contributed by atoms with Gasteiger partial charge in [-0.25, -0.2) is 8.42 Å². The summed E-state index contributed by atoms with van der Waals surface area (Å²) in [6.45, 7) is 0. The van der Waals surface area contributed by atoms with Gasteiger partial charge in [-0.2, -0.15) is 0 Å². The summed E-state index contributed by atoms with van der Waals surface area (Å²) >= 11 is 8.81. The van der Waals surface area contributed by atoms with Crippen LogP contribution in [0.5, 0.6) is 0 Å². The molecule has 0 bridgehead atoms. The van der Waals surface area contributed by atoms with Crippen LogP contribution in [0, 0.1) is 0 Å². The number of hydrogen-bond acceptors (Lipinski definition) is 4. The number of carboxylic acids is 1. The molecule has 0 aliphatic rings. The van der Waals surface area contributed by atoms with Crippen LogP contribution < -0.4 is 9.83 Å². The minimum atomic E-state index is -3.94. The molecule has 0 unspecified atom stereocenters. The van der Waals surface area contributed by atoms with Crippen LogP contribution in [-0.4, -0.2) is 14.4 Å². The number of carboxylic acid groups (broad SMARTS) is 1. The molecule has 0 aliphatic heterocycles. The van der Waals surface area contributed by atoms with E-state index in [0.29, 0.717) is 10.7 Å². The van der Waals surface area contributed by atoms with E-state index in [1.165, 1.54) is 36.4 Å². The van der Waals surface area contributed by atoms with Crippen molar-refractivity contribution in [1.29, 1.82) is 0 Å². The van der Waals surface area contributed by atoms with E-state index >= 15 is 0 Å². The van der Waals surface area contributed by atoms with Gasteiger partial charge in [-0.1, -0.05) is 17.7 Å². The van der Waals surface area contributed by atoms with E-state index < -0.39 is 16.0 Å². The number of halogens is 2. The Morgan fingerprint density at radius 3 is 2.33 bits per heavy atom. The Morgan fingerprint density at radius 2 is 1.76 bits per heavy atom. The Morgan fingerprint density at radius 1 is 1.14 bits per heavy atom. The fraction of sp³-hybridized carbons (Fsp3) is 0. The Labute approximate surface area is 134 Å². The molecule has 2 aromatic carbocycles. The van der Waals surface area contributed by atoms with Gasteiger partial charge in [0.25, 0.3) is 10.0 Å². The van der Waals surface area contributed by atoms with Crippen molar-refractivity contribution in [3.8, 4) is 0 Å². The molecule has 0 atom stereocenters. The largest absolute Gasteiger partial charge is 0.545 e. The zero-order valence-electron chi connectivity index (χ0n) is 10.3. The smallest absolute Gasteiger partial charge is 0.263 e. The summed E-state index contributed by atoms with van der Waals surface area (Å²) in [5.41, 5.74) is 0.0832. The Bertz CT molecular complexity index is 790. The van der Waals surface area contributed by atoms with Gasteiger partial charge in [-0.3, -0.25) is 4.72 Å². The second kappa shape index (κ2) is 6.05. The summed E-state index contributed by atoms with van der Waals surface area (Å²) in [5.74, 6) is -1.45. The molecule has 0 amide bonds. The number of benzene rings is 2. The molecule has 2 aromatic rings. The molecule has 0 saturated heterocycles. The Balaban J connectivity index is 2.41. The summed E-state index contributed by atoms with van der Waals surface area (Å²) in [5, 5.41) is 11.3. The monoisotopic (exact) mass is 388 g/mol. The van der Waals surface area contributed by atoms with Crippen LogP contribution in [-0.2, 0) is 10.0 Å². The molecule has 0 saturated carbocycles. The van der Waals surface area contributed by atoms with Crippen LogP contribution >= 0.6 is 27.5 Å². The lowest BCUT2D eigenvalue weighted by molar-refractivity contribution is -0.255. The number of aromatic carboxylic acids is 1. The highest BCUT2D eigenvalue weighted by Gasteiger charge is 2.18. The summed E-state index contributed by atoms with van der Waals surface area (Å²) in [7, 11) is -3.94. The zero-order chi connectivity index (χ0) is 15.6. The van der Waals surface area contributed by atoms with E-state index in [1.807, 2.05) is 0 Å². The van der Waals surface area contributed by atoms with Crippen LogP contribution in [0.4, 0.5) is 5.69 Å². The van der Waals surface area contributed by atoms with E-state index in [1.54, 1.807) is 0 Å². The third-order valence-electron chi connectivity index (χ3n) is 2.55. The maximum absolute atomic E-state index is 12.3. The number of carbonyl (C=O) groups is 1. The van der Waals surface area contributed by atoms with Crippen molar-refractivity contribution in [2.75, 3.05) is 4.72 Å². The van der Waals surface area contributed by atoms with Crippen molar-refractivity contribution in [2.24, 2.45) is 0 Å². The Hall–Kier alpha value is -1.57. The second-order valence-corrected chi connectivity index (χ2v) is 6.99. The lowest BCUT2D eigenvalue weighted by Gasteiger charge is -2.11. The van der Waals surface area contributed by atoms with Crippen molar-refractivity contribution in [3.63, 3.8) is 0 Å². The molecule has 0 fully saturated rings. The molecule has 0 aromatic heterocycles. The number of rotatable bonds is 4. The van der Waals surface area contributed by atoms with Crippen LogP contribution in [0.3, 0.4) is 0 Å². The molecule has 2 rings (SSSR count). The number of anilines is 1. The van der Waals surface area contributed by atoms with Crippen LogP contribution in [0.25, 0.3) is 0 Å².